The van der Waals surface area contributed by atoms with Gasteiger partial charge in [0.05, 0.1) is 14.2 Å². The van der Waals surface area contributed by atoms with Gasteiger partial charge in [-0.05, 0) is 93.2 Å². The van der Waals surface area contributed by atoms with Crippen molar-refractivity contribution in [2.75, 3.05) is 40.5 Å². The van der Waals surface area contributed by atoms with Crippen LogP contribution in [0.4, 0.5) is 0 Å². The summed E-state index contributed by atoms with van der Waals surface area (Å²) in [5.41, 5.74) is 2.19. The number of carbonyl (C=O) groups excluding carboxylic acids is 5. The van der Waals surface area contributed by atoms with Crippen molar-refractivity contribution in [3.63, 3.8) is 0 Å². The standard InChI is InChI=1S/C23H29NO5.C10H17NO2.C2H4O2/c1-28-22-12-11-19(16-21(22)26)8-5-7-18-9-6-10-20(15-18)29-17-23(27)24-13-3-2-4-14-25;1-2-6-9(12)10(13)11-7-4-3-5-8-11;1-4-2-3/h6,9-12,14-16,26H,2-5,7-8,13,17H2,1H3,(H,24,27);2-8H2,1H3;2H,1H3. The molecule has 0 saturated carbocycles. The van der Waals surface area contributed by atoms with Gasteiger partial charge in [0.2, 0.25) is 5.78 Å². The molecular formula is C35H50N2O9. The molecule has 1 saturated heterocycles. The molecule has 11 heteroatoms. The Labute approximate surface area is 272 Å². The second-order valence-electron chi connectivity index (χ2n) is 10.7. The Hall–Kier alpha value is -4.41. The summed E-state index contributed by atoms with van der Waals surface area (Å²) in [5, 5.41) is 12.6. The molecule has 2 aromatic carbocycles. The Kier molecular flexibility index (Phi) is 21.4. The molecule has 2 amide bonds. The Balaban J connectivity index is 0.000000513. The molecule has 1 aliphatic rings. The van der Waals surface area contributed by atoms with Crippen molar-refractivity contribution in [3.05, 3.63) is 53.6 Å². The van der Waals surface area contributed by atoms with E-state index < -0.39 is 0 Å². The zero-order valence-corrected chi connectivity index (χ0v) is 27.5. The van der Waals surface area contributed by atoms with E-state index in [0.29, 0.717) is 37.4 Å². The summed E-state index contributed by atoms with van der Waals surface area (Å²) < 4.78 is 14.5. The van der Waals surface area contributed by atoms with Crippen molar-refractivity contribution >= 4 is 30.4 Å². The van der Waals surface area contributed by atoms with Gasteiger partial charge in [0.15, 0.2) is 18.1 Å². The number of phenols is 1. The van der Waals surface area contributed by atoms with E-state index in [1.54, 1.807) is 17.0 Å². The van der Waals surface area contributed by atoms with Crippen molar-refractivity contribution < 1.29 is 43.3 Å². The third kappa shape index (κ3) is 17.2. The molecule has 0 aliphatic carbocycles. The van der Waals surface area contributed by atoms with Crippen LogP contribution in [-0.4, -0.2) is 80.8 Å². The van der Waals surface area contributed by atoms with Gasteiger partial charge in [-0.1, -0.05) is 25.1 Å². The van der Waals surface area contributed by atoms with Crippen LogP contribution in [-0.2, 0) is 41.6 Å². The molecule has 0 atom stereocenters. The van der Waals surface area contributed by atoms with Gasteiger partial charge < -0.3 is 34.3 Å². The maximum Gasteiger partial charge on any atom is 0.292 e. The van der Waals surface area contributed by atoms with E-state index in [0.717, 1.165) is 81.9 Å². The van der Waals surface area contributed by atoms with Crippen LogP contribution in [0.3, 0.4) is 0 Å². The number of aromatic hydroxyl groups is 1. The molecule has 0 bridgehead atoms. The first-order valence-electron chi connectivity index (χ1n) is 15.9. The molecule has 46 heavy (non-hydrogen) atoms. The van der Waals surface area contributed by atoms with Crippen LogP contribution < -0.4 is 14.8 Å². The van der Waals surface area contributed by atoms with Gasteiger partial charge >= 0.3 is 0 Å². The molecule has 254 valence electrons. The number of ketones is 1. The second kappa shape index (κ2) is 24.9. The fourth-order valence-corrected chi connectivity index (χ4v) is 4.57. The van der Waals surface area contributed by atoms with Crippen molar-refractivity contribution in [2.24, 2.45) is 0 Å². The summed E-state index contributed by atoms with van der Waals surface area (Å²) in [7, 11) is 2.84. The number of phenolic OH excluding ortho intramolecular Hbond substituents is 1. The maximum atomic E-state index is 11.8. The molecule has 1 heterocycles. The van der Waals surface area contributed by atoms with Gasteiger partial charge in [-0.25, -0.2) is 0 Å². The molecule has 0 radical (unpaired) electrons. The molecule has 1 aliphatic heterocycles. The third-order valence-electron chi connectivity index (χ3n) is 6.97. The van der Waals surface area contributed by atoms with E-state index in [1.807, 2.05) is 37.3 Å². The van der Waals surface area contributed by atoms with E-state index in [2.05, 4.69) is 10.1 Å². The predicted octanol–water partition coefficient (Wildman–Crippen LogP) is 4.60. The molecule has 1 fully saturated rings. The zero-order valence-electron chi connectivity index (χ0n) is 27.5. The van der Waals surface area contributed by atoms with Gasteiger partial charge in [-0.15, -0.1) is 0 Å². The number of ether oxygens (including phenoxy) is 3. The fraction of sp³-hybridized carbons (Fsp3) is 0.514. The minimum absolute atomic E-state index is 0.0255. The second-order valence-corrected chi connectivity index (χ2v) is 10.7. The number of Topliss-reactive ketones (excluding diaryl/α,β-unsaturated/α-hetero) is 1. The lowest BCUT2D eigenvalue weighted by molar-refractivity contribution is -0.145. The quantitative estimate of drug-likeness (QED) is 0.144. The predicted molar refractivity (Wildman–Crippen MR) is 175 cm³/mol. The van der Waals surface area contributed by atoms with Crippen molar-refractivity contribution in [3.8, 4) is 17.2 Å². The van der Waals surface area contributed by atoms with E-state index in [4.69, 9.17) is 14.3 Å². The smallest absolute Gasteiger partial charge is 0.292 e. The zero-order chi connectivity index (χ0) is 34.0. The molecule has 0 unspecified atom stereocenters. The lowest BCUT2D eigenvalue weighted by atomic mass is 10.0. The summed E-state index contributed by atoms with van der Waals surface area (Å²) in [5.74, 6) is 0.651. The minimum Gasteiger partial charge on any atom is -0.504 e. The summed E-state index contributed by atoms with van der Waals surface area (Å²) >= 11 is 0. The fourth-order valence-electron chi connectivity index (χ4n) is 4.57. The number of aldehydes is 1. The lowest BCUT2D eigenvalue weighted by Crippen LogP contribution is -2.39. The maximum absolute atomic E-state index is 11.8. The van der Waals surface area contributed by atoms with Crippen LogP contribution in [0, 0.1) is 0 Å². The third-order valence-corrected chi connectivity index (χ3v) is 6.97. The number of carbonyl (C=O) groups is 5. The Morgan fingerprint density at radius 1 is 0.935 bits per heavy atom. The largest absolute Gasteiger partial charge is 0.504 e. The first-order valence-corrected chi connectivity index (χ1v) is 15.9. The number of hydrogen-bond acceptors (Lipinski definition) is 9. The number of hydrogen-bond donors (Lipinski definition) is 2. The number of likely N-dealkylation sites (tertiary alicyclic amines) is 1. The number of methoxy groups -OCH3 is 2. The highest BCUT2D eigenvalue weighted by atomic mass is 16.5. The number of aryl methyl sites for hydroxylation is 2. The van der Waals surface area contributed by atoms with Crippen LogP contribution in [0.15, 0.2) is 42.5 Å². The van der Waals surface area contributed by atoms with Crippen LogP contribution in [0.2, 0.25) is 0 Å². The van der Waals surface area contributed by atoms with Crippen LogP contribution in [0.25, 0.3) is 0 Å². The van der Waals surface area contributed by atoms with Crippen LogP contribution >= 0.6 is 0 Å². The highest BCUT2D eigenvalue weighted by Crippen LogP contribution is 2.27. The first-order chi connectivity index (χ1) is 22.3. The van der Waals surface area contributed by atoms with Crippen LogP contribution in [0.1, 0.15) is 75.8 Å². The summed E-state index contributed by atoms with van der Waals surface area (Å²) in [6.07, 6.45) is 10.1. The Bertz CT molecular complexity index is 1200. The van der Waals surface area contributed by atoms with Crippen molar-refractivity contribution in [2.45, 2.75) is 77.6 Å². The number of benzene rings is 2. The number of nitrogens with one attached hydrogen (secondary N) is 1. The molecule has 2 aromatic rings. The summed E-state index contributed by atoms with van der Waals surface area (Å²) in [4.78, 5) is 55.4. The molecule has 0 spiro atoms. The Morgan fingerprint density at radius 3 is 2.24 bits per heavy atom. The monoisotopic (exact) mass is 642 g/mol. The lowest BCUT2D eigenvalue weighted by Gasteiger charge is -2.25. The highest BCUT2D eigenvalue weighted by Gasteiger charge is 2.21. The number of nitrogens with zero attached hydrogens (tertiary/aromatic N) is 1. The molecular weight excluding hydrogens is 592 g/mol. The molecule has 0 aromatic heterocycles. The van der Waals surface area contributed by atoms with E-state index in [9.17, 15) is 24.3 Å². The SMILES string of the molecule is CCCC(=O)C(=O)N1CCCCC1.COC=O.COc1ccc(CCCc2cccc(OCC(=O)NCCCCC=O)c2)cc1O. The average Bonchev–Trinajstić information content (AvgIpc) is 3.08. The van der Waals surface area contributed by atoms with Gasteiger partial charge in [0, 0.05) is 32.5 Å². The van der Waals surface area contributed by atoms with E-state index >= 15 is 0 Å². The molecule has 2 N–H and O–H groups in total. The average molecular weight is 643 g/mol. The van der Waals surface area contributed by atoms with Crippen molar-refractivity contribution in [1.82, 2.24) is 10.2 Å². The number of piperidine rings is 1. The number of rotatable bonds is 17. The van der Waals surface area contributed by atoms with Crippen LogP contribution in [0.5, 0.6) is 17.2 Å². The van der Waals surface area contributed by atoms with Gasteiger partial charge in [-0.2, -0.15) is 0 Å². The summed E-state index contributed by atoms with van der Waals surface area (Å²) in [6.45, 7) is 4.36. The van der Waals surface area contributed by atoms with E-state index in [-0.39, 0.29) is 30.0 Å². The molecule has 3 rings (SSSR count). The van der Waals surface area contributed by atoms with Gasteiger partial charge in [-0.3, -0.25) is 19.2 Å². The number of unbranched alkanes of at least 4 members (excludes halogenated alkanes) is 2. The van der Waals surface area contributed by atoms with E-state index in [1.165, 1.54) is 20.6 Å². The molecule has 11 nitrogen and oxygen atoms in total. The number of amides is 2. The Morgan fingerprint density at radius 2 is 1.63 bits per heavy atom. The van der Waals surface area contributed by atoms with Gasteiger partial charge in [0.1, 0.15) is 12.0 Å². The normalized spacial score (nSPS) is 11.8. The summed E-state index contributed by atoms with van der Waals surface area (Å²) in [6, 6.07) is 13.2. The highest BCUT2D eigenvalue weighted by molar-refractivity contribution is 6.36. The minimum atomic E-state index is -0.262. The topological polar surface area (TPSA) is 149 Å². The van der Waals surface area contributed by atoms with Crippen molar-refractivity contribution in [1.29, 1.82) is 0 Å². The van der Waals surface area contributed by atoms with Gasteiger partial charge in [0.25, 0.3) is 18.3 Å². The first kappa shape index (κ1) is 39.6.